The topological polar surface area (TPSA) is 101 Å². The number of benzene rings is 1. The maximum atomic E-state index is 13.5. The van der Waals surface area contributed by atoms with Gasteiger partial charge in [-0.1, -0.05) is 43.7 Å². The summed E-state index contributed by atoms with van der Waals surface area (Å²) in [6.07, 6.45) is 11.9. The molecule has 2 aliphatic carbocycles. The van der Waals surface area contributed by atoms with Crippen LogP contribution in [0.15, 0.2) is 23.2 Å². The molecule has 2 heterocycles. The number of halogens is 2. The van der Waals surface area contributed by atoms with Crippen LogP contribution in [0.5, 0.6) is 0 Å². The average molecular weight is 566 g/mol. The number of anilines is 1. The SMILES string of the molecule is COCC1(NC(=O)c2nc(N[C@H]3CCCC[C@H]3NC3=NCCC3)c3cc(C)ccc3n2)CCCCC1.Cl.Cl. The summed E-state index contributed by atoms with van der Waals surface area (Å²) < 4.78 is 5.51. The number of aryl methyl sites for hydroxylation is 1. The van der Waals surface area contributed by atoms with Gasteiger partial charge in [-0.05, 0) is 51.2 Å². The van der Waals surface area contributed by atoms with Gasteiger partial charge in [0.1, 0.15) is 5.82 Å². The number of nitrogens with one attached hydrogen (secondary N) is 3. The van der Waals surface area contributed by atoms with Gasteiger partial charge < -0.3 is 20.7 Å². The van der Waals surface area contributed by atoms with Gasteiger partial charge in [0.05, 0.1) is 23.5 Å². The van der Waals surface area contributed by atoms with Gasteiger partial charge >= 0.3 is 0 Å². The molecule has 2 aromatic rings. The molecule has 0 spiro atoms. The molecular formula is C28H42Cl2N6O2. The van der Waals surface area contributed by atoms with Gasteiger partial charge in [0.25, 0.3) is 5.91 Å². The van der Waals surface area contributed by atoms with E-state index in [0.29, 0.717) is 12.6 Å². The first-order valence-electron chi connectivity index (χ1n) is 13.7. The number of nitrogens with zero attached hydrogens (tertiary/aromatic N) is 3. The fraction of sp³-hybridized carbons (Fsp3) is 0.643. The van der Waals surface area contributed by atoms with E-state index in [1.54, 1.807) is 7.11 Å². The molecule has 1 aliphatic heterocycles. The van der Waals surface area contributed by atoms with Crippen LogP contribution in [0.1, 0.15) is 86.8 Å². The van der Waals surface area contributed by atoms with Gasteiger partial charge in [-0.3, -0.25) is 9.79 Å². The van der Waals surface area contributed by atoms with Crippen LogP contribution >= 0.6 is 24.8 Å². The van der Waals surface area contributed by atoms with E-state index in [1.165, 1.54) is 19.3 Å². The Labute approximate surface area is 238 Å². The molecule has 3 aliphatic rings. The number of hydrogen-bond donors (Lipinski definition) is 3. The highest BCUT2D eigenvalue weighted by Gasteiger charge is 2.35. The summed E-state index contributed by atoms with van der Waals surface area (Å²) in [6, 6.07) is 6.66. The minimum absolute atomic E-state index is 0. The summed E-state index contributed by atoms with van der Waals surface area (Å²) in [6.45, 7) is 3.51. The Morgan fingerprint density at radius 3 is 2.42 bits per heavy atom. The number of amidine groups is 1. The molecule has 2 saturated carbocycles. The molecule has 0 saturated heterocycles. The number of aliphatic imine (C=N–C) groups is 1. The van der Waals surface area contributed by atoms with Crippen molar-refractivity contribution in [3.05, 3.63) is 29.6 Å². The van der Waals surface area contributed by atoms with E-state index in [9.17, 15) is 4.79 Å². The molecule has 38 heavy (non-hydrogen) atoms. The number of rotatable bonds is 7. The quantitative estimate of drug-likeness (QED) is 0.418. The maximum absolute atomic E-state index is 13.5. The highest BCUT2D eigenvalue weighted by molar-refractivity contribution is 5.97. The molecule has 1 amide bonds. The molecule has 2 fully saturated rings. The first-order chi connectivity index (χ1) is 17.5. The van der Waals surface area contributed by atoms with Crippen LogP contribution in [0.25, 0.3) is 10.9 Å². The number of amides is 1. The maximum Gasteiger partial charge on any atom is 0.289 e. The fourth-order valence-electron chi connectivity index (χ4n) is 6.08. The third kappa shape index (κ3) is 7.07. The van der Waals surface area contributed by atoms with E-state index in [4.69, 9.17) is 14.7 Å². The lowest BCUT2D eigenvalue weighted by Crippen LogP contribution is -2.53. The first-order valence-corrected chi connectivity index (χ1v) is 13.7. The molecule has 0 radical (unpaired) electrons. The van der Waals surface area contributed by atoms with Gasteiger partial charge in [-0.25, -0.2) is 9.97 Å². The van der Waals surface area contributed by atoms with Crippen LogP contribution in [0.3, 0.4) is 0 Å². The zero-order valence-corrected chi connectivity index (χ0v) is 24.2. The molecule has 210 valence electrons. The van der Waals surface area contributed by atoms with Crippen molar-refractivity contribution in [1.82, 2.24) is 20.6 Å². The number of methoxy groups -OCH3 is 1. The van der Waals surface area contributed by atoms with Crippen LogP contribution in [0, 0.1) is 6.92 Å². The van der Waals surface area contributed by atoms with Gasteiger partial charge in [-0.2, -0.15) is 0 Å². The molecule has 1 aromatic heterocycles. The Bertz CT molecular complexity index is 1120. The minimum atomic E-state index is -0.344. The highest BCUT2D eigenvalue weighted by atomic mass is 35.5. The van der Waals surface area contributed by atoms with Crippen molar-refractivity contribution in [2.24, 2.45) is 4.99 Å². The first kappa shape index (κ1) is 30.4. The van der Waals surface area contributed by atoms with Crippen molar-refractivity contribution in [2.75, 3.05) is 25.6 Å². The summed E-state index contributed by atoms with van der Waals surface area (Å²) in [5.41, 5.74) is 1.59. The molecule has 5 rings (SSSR count). The Morgan fingerprint density at radius 2 is 1.74 bits per heavy atom. The number of fused-ring (bicyclic) bond motifs is 1. The van der Waals surface area contributed by atoms with E-state index in [1.807, 2.05) is 12.1 Å². The Hall–Kier alpha value is -2.16. The van der Waals surface area contributed by atoms with Crippen molar-refractivity contribution >= 4 is 53.3 Å². The van der Waals surface area contributed by atoms with E-state index in [0.717, 1.165) is 86.0 Å². The van der Waals surface area contributed by atoms with Gasteiger partial charge in [-0.15, -0.1) is 24.8 Å². The Kier molecular flexibility index (Phi) is 11.0. The predicted molar refractivity (Wildman–Crippen MR) is 158 cm³/mol. The summed E-state index contributed by atoms with van der Waals surface area (Å²) in [7, 11) is 1.70. The summed E-state index contributed by atoms with van der Waals surface area (Å²) in [5.74, 6) is 1.87. The van der Waals surface area contributed by atoms with Crippen molar-refractivity contribution in [2.45, 2.75) is 95.2 Å². The summed E-state index contributed by atoms with van der Waals surface area (Å²) >= 11 is 0. The second-order valence-electron chi connectivity index (χ2n) is 10.9. The van der Waals surface area contributed by atoms with Crippen molar-refractivity contribution < 1.29 is 9.53 Å². The average Bonchev–Trinajstić information content (AvgIpc) is 3.39. The molecule has 10 heteroatoms. The van der Waals surface area contributed by atoms with Gasteiger partial charge in [0, 0.05) is 37.5 Å². The Balaban J connectivity index is 0.00000200. The molecule has 1 aromatic carbocycles. The lowest BCUT2D eigenvalue weighted by atomic mass is 9.82. The lowest BCUT2D eigenvalue weighted by Gasteiger charge is -2.37. The monoisotopic (exact) mass is 564 g/mol. The molecular weight excluding hydrogens is 523 g/mol. The van der Waals surface area contributed by atoms with Crippen LogP contribution in [0.2, 0.25) is 0 Å². The van der Waals surface area contributed by atoms with Crippen LogP contribution in [-0.4, -0.2) is 59.6 Å². The second kappa shape index (κ2) is 13.8. The number of ether oxygens (including phenoxy) is 1. The second-order valence-corrected chi connectivity index (χ2v) is 10.9. The predicted octanol–water partition coefficient (Wildman–Crippen LogP) is 5.37. The van der Waals surface area contributed by atoms with Crippen LogP contribution < -0.4 is 16.0 Å². The van der Waals surface area contributed by atoms with E-state index in [-0.39, 0.29) is 48.1 Å². The molecule has 0 unspecified atom stereocenters. The van der Waals surface area contributed by atoms with Crippen molar-refractivity contribution in [3.63, 3.8) is 0 Å². The summed E-state index contributed by atoms with van der Waals surface area (Å²) in [4.78, 5) is 27.6. The number of carbonyl (C=O) groups is 1. The van der Waals surface area contributed by atoms with Crippen molar-refractivity contribution in [1.29, 1.82) is 0 Å². The van der Waals surface area contributed by atoms with Crippen LogP contribution in [-0.2, 0) is 4.74 Å². The Morgan fingerprint density at radius 1 is 1.00 bits per heavy atom. The minimum Gasteiger partial charge on any atom is -0.382 e. The number of carbonyl (C=O) groups excluding carboxylic acids is 1. The van der Waals surface area contributed by atoms with Crippen molar-refractivity contribution in [3.8, 4) is 0 Å². The molecule has 8 nitrogen and oxygen atoms in total. The molecule has 0 bridgehead atoms. The van der Waals surface area contributed by atoms with E-state index in [2.05, 4.69) is 33.9 Å². The van der Waals surface area contributed by atoms with E-state index < -0.39 is 0 Å². The number of aromatic nitrogens is 2. The molecule has 2 atom stereocenters. The van der Waals surface area contributed by atoms with Gasteiger partial charge in [0.15, 0.2) is 0 Å². The standard InChI is InChI=1S/C28H40N6O2.2ClH/c1-19-12-13-21-20(17-19)25(32-23-10-5-4-9-22(23)30-24-11-8-16-29-24)33-26(31-21)27(35)34-28(18-36-2)14-6-3-7-15-28;;/h12-13,17,22-23H,3-11,14-16,18H2,1-2H3,(H,29,30)(H,34,35)(H,31,32,33);2*1H/t22-,23+;;/m1../s1. The lowest BCUT2D eigenvalue weighted by molar-refractivity contribution is 0.0631. The molecule has 3 N–H and O–H groups in total. The number of hydrogen-bond acceptors (Lipinski definition) is 7. The van der Waals surface area contributed by atoms with Gasteiger partial charge in [0.2, 0.25) is 5.82 Å². The zero-order chi connectivity index (χ0) is 25.0. The highest BCUT2D eigenvalue weighted by Crippen LogP contribution is 2.30. The van der Waals surface area contributed by atoms with E-state index >= 15 is 0 Å². The zero-order valence-electron chi connectivity index (χ0n) is 22.6. The fourth-order valence-corrected chi connectivity index (χ4v) is 6.08. The largest absolute Gasteiger partial charge is 0.382 e. The third-order valence-corrected chi connectivity index (χ3v) is 7.98. The summed E-state index contributed by atoms with van der Waals surface area (Å²) in [5, 5.41) is 11.7. The third-order valence-electron chi connectivity index (χ3n) is 7.98. The van der Waals surface area contributed by atoms with Crippen LogP contribution in [0.4, 0.5) is 5.82 Å². The normalized spacial score (nSPS) is 22.5. The smallest absolute Gasteiger partial charge is 0.289 e.